The summed E-state index contributed by atoms with van der Waals surface area (Å²) in [4.78, 5) is 28.1. The van der Waals surface area contributed by atoms with E-state index >= 15 is 0 Å². The van der Waals surface area contributed by atoms with Crippen LogP contribution in [0, 0.1) is 5.92 Å². The fourth-order valence-corrected chi connectivity index (χ4v) is 4.21. The van der Waals surface area contributed by atoms with Crippen LogP contribution in [-0.4, -0.2) is 41.9 Å². The van der Waals surface area contributed by atoms with Crippen molar-refractivity contribution in [1.82, 2.24) is 10.2 Å². The van der Waals surface area contributed by atoms with Crippen LogP contribution >= 0.6 is 11.6 Å². The Bertz CT molecular complexity index is 919. The van der Waals surface area contributed by atoms with Gasteiger partial charge in [0.1, 0.15) is 11.8 Å². The van der Waals surface area contributed by atoms with Gasteiger partial charge in [-0.05, 0) is 74.4 Å². The summed E-state index contributed by atoms with van der Waals surface area (Å²) in [6.07, 6.45) is 1.83. The van der Waals surface area contributed by atoms with Gasteiger partial charge < -0.3 is 15.0 Å². The lowest BCUT2D eigenvalue weighted by Gasteiger charge is -2.35. The van der Waals surface area contributed by atoms with E-state index in [1.165, 1.54) is 5.56 Å². The van der Waals surface area contributed by atoms with Crippen LogP contribution in [0.5, 0.6) is 5.75 Å². The highest BCUT2D eigenvalue weighted by Crippen LogP contribution is 2.29. The standard InChI is InChI=1S/C26H33ClN2O3/c1-17(2)24(28-25(30)21-6-5-7-23(16-21)32-18(3)4)26(31)29-14-12-20(13-15-29)19-8-10-22(27)11-9-19/h5-11,16-18,20,24H,12-15H2,1-4H3,(H,28,30)/t24-/m1/s1. The van der Waals surface area contributed by atoms with Gasteiger partial charge >= 0.3 is 0 Å². The molecule has 2 amide bonds. The van der Waals surface area contributed by atoms with Crippen LogP contribution in [0.15, 0.2) is 48.5 Å². The zero-order chi connectivity index (χ0) is 23.3. The predicted molar refractivity (Wildman–Crippen MR) is 128 cm³/mol. The van der Waals surface area contributed by atoms with Crippen molar-refractivity contribution < 1.29 is 14.3 Å². The highest BCUT2D eigenvalue weighted by atomic mass is 35.5. The fraction of sp³-hybridized carbons (Fsp3) is 0.462. The number of hydrogen-bond donors (Lipinski definition) is 1. The smallest absolute Gasteiger partial charge is 0.252 e. The maximum Gasteiger partial charge on any atom is 0.252 e. The van der Waals surface area contributed by atoms with Crippen molar-refractivity contribution in [2.75, 3.05) is 13.1 Å². The third-order valence-corrected chi connectivity index (χ3v) is 6.09. The van der Waals surface area contributed by atoms with E-state index in [0.717, 1.165) is 17.9 Å². The van der Waals surface area contributed by atoms with Crippen molar-refractivity contribution in [3.8, 4) is 5.75 Å². The van der Waals surface area contributed by atoms with Gasteiger partial charge in [0.05, 0.1) is 6.10 Å². The van der Waals surface area contributed by atoms with Crippen LogP contribution < -0.4 is 10.1 Å². The van der Waals surface area contributed by atoms with Crippen molar-refractivity contribution in [1.29, 1.82) is 0 Å². The monoisotopic (exact) mass is 456 g/mol. The Morgan fingerprint density at radius 3 is 2.28 bits per heavy atom. The lowest BCUT2D eigenvalue weighted by molar-refractivity contribution is -0.135. The highest BCUT2D eigenvalue weighted by molar-refractivity contribution is 6.30. The molecular formula is C26H33ClN2O3. The molecule has 3 rings (SSSR count). The predicted octanol–water partition coefficient (Wildman–Crippen LogP) is 5.29. The van der Waals surface area contributed by atoms with Crippen molar-refractivity contribution in [3.63, 3.8) is 0 Å². The van der Waals surface area contributed by atoms with Gasteiger partial charge in [-0.3, -0.25) is 9.59 Å². The van der Waals surface area contributed by atoms with Crippen molar-refractivity contribution in [3.05, 3.63) is 64.7 Å². The van der Waals surface area contributed by atoms with E-state index in [9.17, 15) is 9.59 Å². The molecule has 1 fully saturated rings. The molecule has 0 radical (unpaired) electrons. The van der Waals surface area contributed by atoms with E-state index in [-0.39, 0.29) is 23.8 Å². The Morgan fingerprint density at radius 1 is 1.03 bits per heavy atom. The second kappa shape index (κ2) is 10.9. The normalized spacial score (nSPS) is 15.7. The Balaban J connectivity index is 1.62. The number of piperidine rings is 1. The van der Waals surface area contributed by atoms with Gasteiger partial charge in [0.15, 0.2) is 0 Å². The Morgan fingerprint density at radius 2 is 1.69 bits per heavy atom. The first kappa shape index (κ1) is 24.1. The lowest BCUT2D eigenvalue weighted by Crippen LogP contribution is -2.52. The molecule has 0 bridgehead atoms. The first-order valence-electron chi connectivity index (χ1n) is 11.4. The third kappa shape index (κ3) is 6.26. The summed E-state index contributed by atoms with van der Waals surface area (Å²) >= 11 is 6.00. The average molecular weight is 457 g/mol. The van der Waals surface area contributed by atoms with E-state index in [4.69, 9.17) is 16.3 Å². The summed E-state index contributed by atoms with van der Waals surface area (Å²) in [7, 11) is 0. The number of nitrogens with zero attached hydrogens (tertiary/aromatic N) is 1. The number of rotatable bonds is 7. The molecule has 0 aliphatic carbocycles. The summed E-state index contributed by atoms with van der Waals surface area (Å²) in [6, 6.07) is 14.5. The number of carbonyl (C=O) groups excluding carboxylic acids is 2. The first-order valence-corrected chi connectivity index (χ1v) is 11.7. The zero-order valence-electron chi connectivity index (χ0n) is 19.3. The van der Waals surface area contributed by atoms with Gasteiger partial charge in [-0.25, -0.2) is 0 Å². The Hall–Kier alpha value is -2.53. The summed E-state index contributed by atoms with van der Waals surface area (Å²) < 4.78 is 5.69. The van der Waals surface area contributed by atoms with Gasteiger partial charge in [-0.15, -0.1) is 0 Å². The van der Waals surface area contributed by atoms with Crippen LogP contribution in [0.3, 0.4) is 0 Å². The molecule has 0 aromatic heterocycles. The van der Waals surface area contributed by atoms with Crippen LogP contribution in [0.1, 0.15) is 62.4 Å². The molecule has 1 saturated heterocycles. The molecule has 2 aromatic rings. The molecule has 172 valence electrons. The second-order valence-electron chi connectivity index (χ2n) is 9.04. The number of carbonyl (C=O) groups is 2. The van der Waals surface area contributed by atoms with Crippen LogP contribution in [0.25, 0.3) is 0 Å². The maximum absolute atomic E-state index is 13.3. The topological polar surface area (TPSA) is 58.6 Å². The van der Waals surface area contributed by atoms with E-state index in [1.807, 2.05) is 50.8 Å². The Kier molecular flexibility index (Phi) is 8.19. The van der Waals surface area contributed by atoms with Crippen molar-refractivity contribution in [2.24, 2.45) is 5.92 Å². The van der Waals surface area contributed by atoms with Gasteiger partial charge in [-0.1, -0.05) is 43.6 Å². The number of hydrogen-bond acceptors (Lipinski definition) is 3. The van der Waals surface area contributed by atoms with Crippen LogP contribution in [0.4, 0.5) is 0 Å². The molecule has 1 atom stereocenters. The minimum absolute atomic E-state index is 0.0162. The van der Waals surface area contributed by atoms with Gasteiger partial charge in [0.25, 0.3) is 5.91 Å². The molecule has 1 aliphatic heterocycles. The highest BCUT2D eigenvalue weighted by Gasteiger charge is 2.31. The molecule has 6 heteroatoms. The second-order valence-corrected chi connectivity index (χ2v) is 9.48. The van der Waals surface area contributed by atoms with E-state index in [2.05, 4.69) is 17.4 Å². The average Bonchev–Trinajstić information content (AvgIpc) is 2.77. The van der Waals surface area contributed by atoms with Crippen molar-refractivity contribution in [2.45, 2.75) is 58.6 Å². The van der Waals surface area contributed by atoms with E-state index in [0.29, 0.717) is 30.3 Å². The molecule has 0 unspecified atom stereocenters. The first-order chi connectivity index (χ1) is 15.2. The molecule has 0 saturated carbocycles. The zero-order valence-corrected chi connectivity index (χ0v) is 20.1. The lowest BCUT2D eigenvalue weighted by atomic mass is 9.89. The van der Waals surface area contributed by atoms with Gasteiger partial charge in [-0.2, -0.15) is 0 Å². The number of amides is 2. The third-order valence-electron chi connectivity index (χ3n) is 5.84. The number of likely N-dealkylation sites (tertiary alicyclic amines) is 1. The van der Waals surface area contributed by atoms with Crippen LogP contribution in [-0.2, 0) is 4.79 Å². The number of ether oxygens (including phenoxy) is 1. The number of nitrogens with one attached hydrogen (secondary N) is 1. The van der Waals surface area contributed by atoms with Crippen molar-refractivity contribution >= 4 is 23.4 Å². The number of benzene rings is 2. The van der Waals surface area contributed by atoms with Gasteiger partial charge in [0, 0.05) is 23.7 Å². The molecule has 0 spiro atoms. The number of halogens is 1. The molecule has 2 aromatic carbocycles. The quantitative estimate of drug-likeness (QED) is 0.616. The van der Waals surface area contributed by atoms with E-state index < -0.39 is 6.04 Å². The van der Waals surface area contributed by atoms with Crippen LogP contribution in [0.2, 0.25) is 5.02 Å². The molecular weight excluding hydrogens is 424 g/mol. The maximum atomic E-state index is 13.3. The SMILES string of the molecule is CC(C)Oc1cccc(C(=O)N[C@@H](C(=O)N2CCC(c3ccc(Cl)cc3)CC2)C(C)C)c1. The summed E-state index contributed by atoms with van der Waals surface area (Å²) in [5.41, 5.74) is 1.75. The molecule has 32 heavy (non-hydrogen) atoms. The molecule has 1 aliphatic rings. The summed E-state index contributed by atoms with van der Waals surface area (Å²) in [5, 5.41) is 3.69. The van der Waals surface area contributed by atoms with E-state index in [1.54, 1.807) is 18.2 Å². The summed E-state index contributed by atoms with van der Waals surface area (Å²) in [5.74, 6) is 0.770. The van der Waals surface area contributed by atoms with Gasteiger partial charge in [0.2, 0.25) is 5.91 Å². The molecule has 1 N–H and O–H groups in total. The summed E-state index contributed by atoms with van der Waals surface area (Å²) in [6.45, 7) is 9.17. The minimum atomic E-state index is -0.566. The minimum Gasteiger partial charge on any atom is -0.491 e. The largest absolute Gasteiger partial charge is 0.491 e. The fourth-order valence-electron chi connectivity index (χ4n) is 4.09. The molecule has 5 nitrogen and oxygen atoms in total. The Labute approximate surface area is 196 Å². The molecule has 1 heterocycles.